The molecular weight excluding hydrogens is 240 g/mol. The molecule has 0 aromatic carbocycles. The third-order valence-corrected chi connectivity index (χ3v) is 1.95. The van der Waals surface area contributed by atoms with Crippen molar-refractivity contribution in [3.05, 3.63) is 0 Å². The Hall–Kier alpha value is -1.59. The molecule has 6 nitrogen and oxygen atoms in total. The molecule has 0 atom stereocenters. The van der Waals surface area contributed by atoms with Crippen LogP contribution in [0.4, 0.5) is 0 Å². The summed E-state index contributed by atoms with van der Waals surface area (Å²) in [6, 6.07) is 0. The first kappa shape index (κ1) is 16.4. The summed E-state index contributed by atoms with van der Waals surface area (Å²) < 4.78 is 14.2. The molecule has 18 heavy (non-hydrogen) atoms. The van der Waals surface area contributed by atoms with Crippen LogP contribution in [0.1, 0.15) is 39.5 Å². The zero-order valence-electron chi connectivity index (χ0n) is 10.9. The van der Waals surface area contributed by atoms with Crippen LogP contribution >= 0.6 is 0 Å². The fraction of sp³-hybridized carbons (Fsp3) is 0.750. The quantitative estimate of drug-likeness (QED) is 0.268. The summed E-state index contributed by atoms with van der Waals surface area (Å²) in [5, 5.41) is 0. The molecule has 0 rings (SSSR count). The zero-order chi connectivity index (χ0) is 13.8. The highest BCUT2D eigenvalue weighted by Crippen LogP contribution is 1.98. The van der Waals surface area contributed by atoms with Gasteiger partial charge in [0, 0.05) is 6.92 Å². The molecule has 6 heteroatoms. The van der Waals surface area contributed by atoms with Crippen LogP contribution in [-0.2, 0) is 28.6 Å². The smallest absolute Gasteiger partial charge is 0.317 e. The van der Waals surface area contributed by atoms with Crippen molar-refractivity contribution in [3.8, 4) is 0 Å². The molecule has 0 aromatic rings. The van der Waals surface area contributed by atoms with Gasteiger partial charge in [-0.25, -0.2) is 0 Å². The second-order valence-corrected chi connectivity index (χ2v) is 3.60. The van der Waals surface area contributed by atoms with E-state index in [1.165, 1.54) is 6.92 Å². The van der Waals surface area contributed by atoms with Crippen molar-refractivity contribution in [3.63, 3.8) is 0 Å². The number of carbonyl (C=O) groups excluding carboxylic acids is 3. The van der Waals surface area contributed by atoms with Crippen LogP contribution in [0.2, 0.25) is 0 Å². The van der Waals surface area contributed by atoms with Crippen LogP contribution in [-0.4, -0.2) is 37.7 Å². The Morgan fingerprint density at radius 3 is 1.94 bits per heavy atom. The van der Waals surface area contributed by atoms with Gasteiger partial charge in [-0.1, -0.05) is 0 Å². The Balaban J connectivity index is 3.35. The minimum Gasteiger partial charge on any atom is -0.466 e. The van der Waals surface area contributed by atoms with E-state index in [0.717, 1.165) is 12.8 Å². The van der Waals surface area contributed by atoms with Gasteiger partial charge in [0.1, 0.15) is 6.42 Å². The summed E-state index contributed by atoms with van der Waals surface area (Å²) in [5.74, 6) is -1.44. The van der Waals surface area contributed by atoms with Gasteiger partial charge < -0.3 is 14.2 Å². The van der Waals surface area contributed by atoms with Crippen molar-refractivity contribution in [2.24, 2.45) is 0 Å². The zero-order valence-corrected chi connectivity index (χ0v) is 10.9. The predicted octanol–water partition coefficient (Wildman–Crippen LogP) is 1.22. The number of rotatable bonds is 9. The molecule has 104 valence electrons. The van der Waals surface area contributed by atoms with Gasteiger partial charge in [0.25, 0.3) is 0 Å². The van der Waals surface area contributed by atoms with Crippen molar-refractivity contribution < 1.29 is 28.6 Å². The molecule has 0 saturated heterocycles. The van der Waals surface area contributed by atoms with Gasteiger partial charge in [-0.15, -0.1) is 0 Å². The Labute approximate surface area is 107 Å². The van der Waals surface area contributed by atoms with Crippen LogP contribution < -0.4 is 0 Å². The molecule has 0 N–H and O–H groups in total. The molecule has 0 unspecified atom stereocenters. The SMILES string of the molecule is CCOC(=O)CC(=O)OCCCCCOC(C)=O. The number of hydrogen-bond acceptors (Lipinski definition) is 6. The summed E-state index contributed by atoms with van der Waals surface area (Å²) >= 11 is 0. The van der Waals surface area contributed by atoms with Gasteiger partial charge in [-0.05, 0) is 26.2 Å². The first-order chi connectivity index (χ1) is 8.56. The maximum Gasteiger partial charge on any atom is 0.317 e. The molecule has 0 aliphatic rings. The highest BCUT2D eigenvalue weighted by molar-refractivity contribution is 5.91. The van der Waals surface area contributed by atoms with E-state index in [0.29, 0.717) is 13.0 Å². The Kier molecular flexibility index (Phi) is 9.62. The lowest BCUT2D eigenvalue weighted by Crippen LogP contribution is -2.14. The van der Waals surface area contributed by atoms with Crippen molar-refractivity contribution in [1.29, 1.82) is 0 Å². The summed E-state index contributed by atoms with van der Waals surface area (Å²) in [6.45, 7) is 3.93. The van der Waals surface area contributed by atoms with Crippen LogP contribution in [0.3, 0.4) is 0 Å². The largest absolute Gasteiger partial charge is 0.466 e. The van der Waals surface area contributed by atoms with Crippen LogP contribution in [0.5, 0.6) is 0 Å². The van der Waals surface area contributed by atoms with Crippen molar-refractivity contribution in [2.45, 2.75) is 39.5 Å². The monoisotopic (exact) mass is 260 g/mol. The predicted molar refractivity (Wildman–Crippen MR) is 62.7 cm³/mol. The van der Waals surface area contributed by atoms with Crippen molar-refractivity contribution >= 4 is 17.9 Å². The van der Waals surface area contributed by atoms with E-state index < -0.39 is 11.9 Å². The van der Waals surface area contributed by atoms with Gasteiger partial charge in [0.05, 0.1) is 19.8 Å². The molecule has 0 aliphatic carbocycles. The maximum absolute atomic E-state index is 11.1. The number of esters is 3. The van der Waals surface area contributed by atoms with E-state index in [1.54, 1.807) is 6.92 Å². The van der Waals surface area contributed by atoms with E-state index in [1.807, 2.05) is 0 Å². The lowest BCUT2D eigenvalue weighted by atomic mass is 10.2. The second kappa shape index (κ2) is 10.6. The van der Waals surface area contributed by atoms with Crippen LogP contribution in [0.15, 0.2) is 0 Å². The molecule has 0 spiro atoms. The van der Waals surface area contributed by atoms with E-state index in [2.05, 4.69) is 4.74 Å². The van der Waals surface area contributed by atoms with E-state index in [-0.39, 0.29) is 25.6 Å². The van der Waals surface area contributed by atoms with E-state index >= 15 is 0 Å². The second-order valence-electron chi connectivity index (χ2n) is 3.60. The maximum atomic E-state index is 11.1. The number of unbranched alkanes of at least 4 members (excludes halogenated alkanes) is 2. The average Bonchev–Trinajstić information content (AvgIpc) is 2.27. The molecule has 0 aliphatic heterocycles. The third kappa shape index (κ3) is 10.9. The number of carbonyl (C=O) groups is 3. The summed E-state index contributed by atoms with van der Waals surface area (Å²) in [4.78, 5) is 32.5. The highest BCUT2D eigenvalue weighted by Gasteiger charge is 2.10. The van der Waals surface area contributed by atoms with Gasteiger partial charge in [0.2, 0.25) is 0 Å². The lowest BCUT2D eigenvalue weighted by molar-refractivity contribution is -0.154. The topological polar surface area (TPSA) is 78.9 Å². The normalized spacial score (nSPS) is 9.67. The van der Waals surface area contributed by atoms with Gasteiger partial charge in [-0.3, -0.25) is 14.4 Å². The molecule has 0 amide bonds. The van der Waals surface area contributed by atoms with Gasteiger partial charge in [-0.2, -0.15) is 0 Å². The average molecular weight is 260 g/mol. The molecule has 0 saturated carbocycles. The van der Waals surface area contributed by atoms with Crippen LogP contribution in [0.25, 0.3) is 0 Å². The minimum atomic E-state index is -0.576. The Bertz CT molecular complexity index is 274. The molecule has 0 heterocycles. The minimum absolute atomic E-state index is 0.252. The molecule has 0 aromatic heterocycles. The first-order valence-corrected chi connectivity index (χ1v) is 6.00. The van der Waals surface area contributed by atoms with Crippen molar-refractivity contribution in [2.75, 3.05) is 19.8 Å². The van der Waals surface area contributed by atoms with Gasteiger partial charge >= 0.3 is 17.9 Å². The fourth-order valence-electron chi connectivity index (χ4n) is 1.16. The molecule has 0 bridgehead atoms. The van der Waals surface area contributed by atoms with E-state index in [4.69, 9.17) is 9.47 Å². The molecule has 0 fully saturated rings. The lowest BCUT2D eigenvalue weighted by Gasteiger charge is -2.05. The Morgan fingerprint density at radius 2 is 1.39 bits per heavy atom. The van der Waals surface area contributed by atoms with Crippen molar-refractivity contribution in [1.82, 2.24) is 0 Å². The van der Waals surface area contributed by atoms with E-state index in [9.17, 15) is 14.4 Å². The third-order valence-electron chi connectivity index (χ3n) is 1.95. The highest BCUT2D eigenvalue weighted by atomic mass is 16.6. The molecule has 0 radical (unpaired) electrons. The number of ether oxygens (including phenoxy) is 3. The number of hydrogen-bond donors (Lipinski definition) is 0. The summed E-state index contributed by atoms with van der Waals surface area (Å²) in [6.07, 6.45) is 1.85. The standard InChI is InChI=1S/C12H20O6/c1-3-16-11(14)9-12(15)18-8-6-4-5-7-17-10(2)13/h3-9H2,1-2H3. The van der Waals surface area contributed by atoms with Crippen LogP contribution in [0, 0.1) is 0 Å². The summed E-state index contributed by atoms with van der Waals surface area (Å²) in [5.41, 5.74) is 0. The van der Waals surface area contributed by atoms with Gasteiger partial charge in [0.15, 0.2) is 0 Å². The first-order valence-electron chi connectivity index (χ1n) is 6.00. The fourth-order valence-corrected chi connectivity index (χ4v) is 1.16. The summed E-state index contributed by atoms with van der Waals surface area (Å²) in [7, 11) is 0. The Morgan fingerprint density at radius 1 is 0.833 bits per heavy atom. The molecular formula is C12H20O6.